The molecule has 5 nitrogen and oxygen atoms in total. The van der Waals surface area contributed by atoms with Crippen molar-refractivity contribution in [2.75, 3.05) is 0 Å². The number of nitrogens with zero attached hydrogens (tertiary/aromatic N) is 1. The van der Waals surface area contributed by atoms with Crippen LogP contribution in [0.15, 0.2) is 78.9 Å². The lowest BCUT2D eigenvalue weighted by atomic mass is 9.84. The van der Waals surface area contributed by atoms with Crippen LogP contribution in [0.25, 0.3) is 0 Å². The molecule has 1 amide bonds. The summed E-state index contributed by atoms with van der Waals surface area (Å²) in [6, 6.07) is 23.9. The molecule has 3 rings (SSSR count). The van der Waals surface area contributed by atoms with Crippen LogP contribution in [-0.4, -0.2) is 10.8 Å². The Morgan fingerprint density at radius 3 is 1.89 bits per heavy atom. The summed E-state index contributed by atoms with van der Waals surface area (Å²) in [5.41, 5.74) is 1.64. The molecule has 0 heterocycles. The number of nitro groups is 1. The molecular formula is C22H20N2O3. The van der Waals surface area contributed by atoms with Gasteiger partial charge >= 0.3 is 0 Å². The minimum atomic E-state index is -0.781. The largest absolute Gasteiger partial charge is 0.339 e. The minimum absolute atomic E-state index is 0.0659. The lowest BCUT2D eigenvalue weighted by Gasteiger charge is -2.32. The van der Waals surface area contributed by atoms with Gasteiger partial charge < -0.3 is 5.32 Å². The van der Waals surface area contributed by atoms with Crippen LogP contribution in [0.5, 0.6) is 0 Å². The molecule has 0 aliphatic heterocycles. The first-order valence-corrected chi connectivity index (χ1v) is 8.61. The molecule has 1 N–H and O–H groups in total. The van der Waals surface area contributed by atoms with E-state index in [4.69, 9.17) is 0 Å². The van der Waals surface area contributed by atoms with Gasteiger partial charge in [-0.3, -0.25) is 14.9 Å². The highest BCUT2D eigenvalue weighted by atomic mass is 16.6. The monoisotopic (exact) mass is 360 g/mol. The maximum absolute atomic E-state index is 13.1. The van der Waals surface area contributed by atoms with E-state index in [9.17, 15) is 14.9 Å². The SMILES string of the molecule is Cc1c(C(=O)NC(C)(c2ccccc2)c2ccccc2)cccc1[N+](=O)[O-]. The minimum Gasteiger partial charge on any atom is -0.339 e. The van der Waals surface area contributed by atoms with Crippen LogP contribution in [0.4, 0.5) is 5.69 Å². The van der Waals surface area contributed by atoms with Crippen molar-refractivity contribution in [3.63, 3.8) is 0 Å². The summed E-state index contributed by atoms with van der Waals surface area (Å²) in [4.78, 5) is 23.8. The molecule has 0 atom stereocenters. The van der Waals surface area contributed by atoms with Crippen LogP contribution in [0, 0.1) is 17.0 Å². The summed E-state index contributed by atoms with van der Waals surface area (Å²) in [6.07, 6.45) is 0. The Labute approximate surface area is 157 Å². The number of nitrogens with one attached hydrogen (secondary N) is 1. The number of carbonyl (C=O) groups excluding carboxylic acids is 1. The first kappa shape index (κ1) is 18.3. The predicted molar refractivity (Wildman–Crippen MR) is 105 cm³/mol. The van der Waals surface area contributed by atoms with E-state index in [1.54, 1.807) is 13.0 Å². The Morgan fingerprint density at radius 2 is 1.41 bits per heavy atom. The summed E-state index contributed by atoms with van der Waals surface area (Å²) in [7, 11) is 0. The Morgan fingerprint density at radius 1 is 0.889 bits per heavy atom. The zero-order chi connectivity index (χ0) is 19.4. The van der Waals surface area contributed by atoms with Gasteiger partial charge in [0.15, 0.2) is 0 Å². The van der Waals surface area contributed by atoms with Crippen molar-refractivity contribution in [3.8, 4) is 0 Å². The van der Waals surface area contributed by atoms with Gasteiger partial charge in [0, 0.05) is 17.2 Å². The summed E-state index contributed by atoms with van der Waals surface area (Å²) in [5, 5.41) is 14.3. The molecule has 136 valence electrons. The molecule has 5 heteroatoms. The normalized spacial score (nSPS) is 11.0. The second-order valence-corrected chi connectivity index (χ2v) is 6.52. The Balaban J connectivity index is 2.05. The Kier molecular flexibility index (Phi) is 5.03. The third-order valence-corrected chi connectivity index (χ3v) is 4.81. The number of amides is 1. The maximum atomic E-state index is 13.1. The lowest BCUT2D eigenvalue weighted by molar-refractivity contribution is -0.385. The molecule has 0 bridgehead atoms. The predicted octanol–water partition coefficient (Wildman–Crippen LogP) is 4.60. The van der Waals surface area contributed by atoms with Crippen molar-refractivity contribution in [3.05, 3.63) is 111 Å². The topological polar surface area (TPSA) is 72.2 Å². The van der Waals surface area contributed by atoms with Gasteiger partial charge in [-0.2, -0.15) is 0 Å². The second kappa shape index (κ2) is 7.41. The maximum Gasteiger partial charge on any atom is 0.273 e. The molecular weight excluding hydrogens is 340 g/mol. The first-order chi connectivity index (χ1) is 12.9. The van der Waals surface area contributed by atoms with E-state index >= 15 is 0 Å². The van der Waals surface area contributed by atoms with Gasteiger partial charge in [-0.05, 0) is 31.0 Å². The van der Waals surface area contributed by atoms with Gasteiger partial charge in [0.25, 0.3) is 11.6 Å². The summed E-state index contributed by atoms with van der Waals surface area (Å²) < 4.78 is 0. The van der Waals surface area contributed by atoms with E-state index in [0.29, 0.717) is 11.1 Å². The van der Waals surface area contributed by atoms with Crippen molar-refractivity contribution < 1.29 is 9.72 Å². The molecule has 0 spiro atoms. The van der Waals surface area contributed by atoms with E-state index in [0.717, 1.165) is 11.1 Å². The lowest BCUT2D eigenvalue weighted by Crippen LogP contribution is -2.44. The van der Waals surface area contributed by atoms with Crippen molar-refractivity contribution in [1.29, 1.82) is 0 Å². The number of nitro benzene ring substituents is 1. The van der Waals surface area contributed by atoms with E-state index in [2.05, 4.69) is 5.32 Å². The summed E-state index contributed by atoms with van der Waals surface area (Å²) in [6.45, 7) is 3.53. The first-order valence-electron chi connectivity index (χ1n) is 8.61. The van der Waals surface area contributed by atoms with Crippen LogP contribution in [0.2, 0.25) is 0 Å². The quantitative estimate of drug-likeness (QED) is 0.534. The van der Waals surface area contributed by atoms with Crippen LogP contribution in [0.3, 0.4) is 0 Å². The molecule has 0 aliphatic carbocycles. The van der Waals surface area contributed by atoms with Gasteiger partial charge in [0.1, 0.15) is 0 Å². The van der Waals surface area contributed by atoms with Gasteiger partial charge in [0.05, 0.1) is 10.5 Å². The average Bonchev–Trinajstić information content (AvgIpc) is 2.69. The van der Waals surface area contributed by atoms with Crippen LogP contribution >= 0.6 is 0 Å². The molecule has 0 aromatic heterocycles. The number of benzene rings is 3. The highest BCUT2D eigenvalue weighted by Crippen LogP contribution is 2.30. The molecule has 0 fully saturated rings. The summed E-state index contributed by atoms with van der Waals surface area (Å²) in [5.74, 6) is -0.355. The highest BCUT2D eigenvalue weighted by Gasteiger charge is 2.32. The fourth-order valence-corrected chi connectivity index (χ4v) is 3.22. The van der Waals surface area contributed by atoms with Gasteiger partial charge in [0.2, 0.25) is 0 Å². The summed E-state index contributed by atoms with van der Waals surface area (Å²) >= 11 is 0. The zero-order valence-corrected chi connectivity index (χ0v) is 15.2. The molecule has 0 radical (unpaired) electrons. The molecule has 27 heavy (non-hydrogen) atoms. The highest BCUT2D eigenvalue weighted by molar-refractivity contribution is 5.97. The van der Waals surface area contributed by atoms with E-state index < -0.39 is 10.5 Å². The fraction of sp³-hybridized carbons (Fsp3) is 0.136. The number of carbonyl (C=O) groups is 1. The molecule has 0 aliphatic rings. The van der Waals surface area contributed by atoms with Crippen LogP contribution in [-0.2, 0) is 5.54 Å². The second-order valence-electron chi connectivity index (χ2n) is 6.52. The van der Waals surface area contributed by atoms with Gasteiger partial charge in [-0.25, -0.2) is 0 Å². The van der Waals surface area contributed by atoms with Crippen LogP contribution < -0.4 is 5.32 Å². The van der Waals surface area contributed by atoms with E-state index in [1.165, 1.54) is 12.1 Å². The average molecular weight is 360 g/mol. The zero-order valence-electron chi connectivity index (χ0n) is 15.2. The van der Waals surface area contributed by atoms with Crippen molar-refractivity contribution in [2.45, 2.75) is 19.4 Å². The van der Waals surface area contributed by atoms with E-state index in [-0.39, 0.29) is 11.6 Å². The van der Waals surface area contributed by atoms with Crippen LogP contribution in [0.1, 0.15) is 34.0 Å². The smallest absolute Gasteiger partial charge is 0.273 e. The van der Waals surface area contributed by atoms with Gasteiger partial charge in [-0.1, -0.05) is 66.7 Å². The van der Waals surface area contributed by atoms with Crippen molar-refractivity contribution >= 4 is 11.6 Å². The Hall–Kier alpha value is -3.47. The Bertz CT molecular complexity index is 930. The fourth-order valence-electron chi connectivity index (χ4n) is 3.22. The number of rotatable bonds is 5. The molecule has 0 saturated carbocycles. The molecule has 0 saturated heterocycles. The van der Waals surface area contributed by atoms with Crippen molar-refractivity contribution in [2.24, 2.45) is 0 Å². The van der Waals surface area contributed by atoms with Gasteiger partial charge in [-0.15, -0.1) is 0 Å². The number of hydrogen-bond acceptors (Lipinski definition) is 3. The standard InChI is InChI=1S/C22H20N2O3/c1-16-19(14-9-15-20(16)24(26)27)21(25)23-22(2,17-10-5-3-6-11-17)18-12-7-4-8-13-18/h3-15H,1-2H3,(H,23,25). The van der Waals surface area contributed by atoms with E-state index in [1.807, 2.05) is 67.6 Å². The third-order valence-electron chi connectivity index (χ3n) is 4.81. The number of hydrogen-bond donors (Lipinski definition) is 1. The molecule has 3 aromatic rings. The third kappa shape index (κ3) is 3.58. The molecule has 0 unspecified atom stereocenters. The van der Waals surface area contributed by atoms with Crippen molar-refractivity contribution in [1.82, 2.24) is 5.32 Å². The molecule has 3 aromatic carbocycles.